The molecular weight excluding hydrogens is 210 g/mol. The first kappa shape index (κ1) is 12.4. The predicted molar refractivity (Wildman–Crippen MR) is 71.7 cm³/mol. The zero-order valence-corrected chi connectivity index (χ0v) is 11.1. The van der Waals surface area contributed by atoms with E-state index >= 15 is 0 Å². The highest BCUT2D eigenvalue weighted by atomic mass is 16.5. The van der Waals surface area contributed by atoms with Gasteiger partial charge in [0.25, 0.3) is 0 Å². The van der Waals surface area contributed by atoms with Crippen LogP contribution in [0.3, 0.4) is 0 Å². The molecule has 0 amide bonds. The van der Waals surface area contributed by atoms with Crippen molar-refractivity contribution in [3.05, 3.63) is 29.3 Å². The number of hydrogen-bond donors (Lipinski definition) is 1. The van der Waals surface area contributed by atoms with Gasteiger partial charge in [-0.3, -0.25) is 0 Å². The Kier molecular flexibility index (Phi) is 4.06. The van der Waals surface area contributed by atoms with Gasteiger partial charge in [0, 0.05) is 6.04 Å². The molecule has 1 aromatic rings. The number of fused-ring (bicyclic) bond motifs is 1. The zero-order chi connectivity index (χ0) is 12.3. The first-order valence-electron chi connectivity index (χ1n) is 6.76. The highest BCUT2D eigenvalue weighted by molar-refractivity contribution is 5.43. The minimum atomic E-state index is 0.509. The third kappa shape index (κ3) is 2.63. The molecule has 0 heterocycles. The van der Waals surface area contributed by atoms with Crippen LogP contribution < -0.4 is 10.1 Å². The summed E-state index contributed by atoms with van der Waals surface area (Å²) in [7, 11) is 0. The number of ether oxygens (including phenoxy) is 1. The highest BCUT2D eigenvalue weighted by Gasteiger charge is 2.27. The maximum atomic E-state index is 5.71. The van der Waals surface area contributed by atoms with Gasteiger partial charge >= 0.3 is 0 Å². The molecule has 0 bridgehead atoms. The van der Waals surface area contributed by atoms with E-state index in [1.165, 1.54) is 17.5 Å². The van der Waals surface area contributed by atoms with Crippen LogP contribution in [0.4, 0.5) is 0 Å². The van der Waals surface area contributed by atoms with E-state index < -0.39 is 0 Å². The lowest BCUT2D eigenvalue weighted by Gasteiger charge is -2.13. The van der Waals surface area contributed by atoms with Crippen LogP contribution in [0, 0.1) is 0 Å². The summed E-state index contributed by atoms with van der Waals surface area (Å²) in [5.74, 6) is 1.68. The molecule has 0 saturated carbocycles. The Morgan fingerprint density at radius 2 is 2.12 bits per heavy atom. The van der Waals surface area contributed by atoms with Gasteiger partial charge in [-0.15, -0.1) is 0 Å². The third-order valence-corrected chi connectivity index (χ3v) is 3.48. The van der Waals surface area contributed by atoms with Crippen molar-refractivity contribution in [2.75, 3.05) is 13.2 Å². The summed E-state index contributed by atoms with van der Waals surface area (Å²) in [6.45, 7) is 8.44. The van der Waals surface area contributed by atoms with Crippen molar-refractivity contribution in [2.24, 2.45) is 0 Å². The molecule has 94 valence electrons. The van der Waals surface area contributed by atoms with E-state index in [4.69, 9.17) is 4.74 Å². The van der Waals surface area contributed by atoms with Gasteiger partial charge in [-0.1, -0.05) is 26.8 Å². The van der Waals surface area contributed by atoms with Crippen LogP contribution in [0.1, 0.15) is 56.7 Å². The Morgan fingerprint density at radius 3 is 2.82 bits per heavy atom. The molecule has 17 heavy (non-hydrogen) atoms. The van der Waals surface area contributed by atoms with Crippen molar-refractivity contribution in [2.45, 2.75) is 45.6 Å². The van der Waals surface area contributed by atoms with E-state index in [9.17, 15) is 0 Å². The summed E-state index contributed by atoms with van der Waals surface area (Å²) in [6.07, 6.45) is 2.27. The summed E-state index contributed by atoms with van der Waals surface area (Å²) in [5.41, 5.74) is 2.92. The second kappa shape index (κ2) is 5.54. The molecular formula is C15H23NO. The lowest BCUT2D eigenvalue weighted by atomic mass is 10.0. The second-order valence-electron chi connectivity index (χ2n) is 4.89. The van der Waals surface area contributed by atoms with Crippen LogP contribution in [0.2, 0.25) is 0 Å². The topological polar surface area (TPSA) is 21.3 Å². The Morgan fingerprint density at radius 1 is 1.29 bits per heavy atom. The van der Waals surface area contributed by atoms with Crippen LogP contribution in [0.15, 0.2) is 18.2 Å². The summed E-state index contributed by atoms with van der Waals surface area (Å²) in [5, 5.41) is 3.56. The van der Waals surface area contributed by atoms with Crippen LogP contribution >= 0.6 is 0 Å². The Balaban J connectivity index is 2.20. The molecule has 0 radical (unpaired) electrons. The Hall–Kier alpha value is -1.02. The molecule has 1 aromatic carbocycles. The molecule has 0 aromatic heterocycles. The number of rotatable bonds is 5. The van der Waals surface area contributed by atoms with Crippen molar-refractivity contribution < 1.29 is 4.74 Å². The molecule has 2 atom stereocenters. The minimum Gasteiger partial charge on any atom is -0.494 e. The van der Waals surface area contributed by atoms with E-state index in [1.807, 2.05) is 0 Å². The molecule has 0 fully saturated rings. The smallest absolute Gasteiger partial charge is 0.119 e. The van der Waals surface area contributed by atoms with Gasteiger partial charge in [-0.05, 0) is 48.6 Å². The fourth-order valence-electron chi connectivity index (χ4n) is 2.66. The normalized spacial score (nSPS) is 22.5. The average molecular weight is 233 g/mol. The quantitative estimate of drug-likeness (QED) is 0.838. The van der Waals surface area contributed by atoms with Crippen molar-refractivity contribution >= 4 is 0 Å². The Labute approximate surface area is 104 Å². The van der Waals surface area contributed by atoms with Gasteiger partial charge in [-0.2, -0.15) is 0 Å². The molecule has 2 nitrogen and oxygen atoms in total. The summed E-state index contributed by atoms with van der Waals surface area (Å²) < 4.78 is 5.71. The van der Waals surface area contributed by atoms with Crippen LogP contribution in [-0.2, 0) is 0 Å². The number of nitrogens with one attached hydrogen (secondary N) is 1. The molecule has 1 N–H and O–H groups in total. The minimum absolute atomic E-state index is 0.509. The van der Waals surface area contributed by atoms with Gasteiger partial charge in [-0.25, -0.2) is 0 Å². The maximum absolute atomic E-state index is 5.71. The molecule has 2 unspecified atom stereocenters. The lowest BCUT2D eigenvalue weighted by molar-refractivity contribution is 0.317. The molecule has 0 saturated heterocycles. The second-order valence-corrected chi connectivity index (χ2v) is 4.89. The largest absolute Gasteiger partial charge is 0.494 e. The fourth-order valence-corrected chi connectivity index (χ4v) is 2.66. The first-order valence-corrected chi connectivity index (χ1v) is 6.76. The van der Waals surface area contributed by atoms with Crippen LogP contribution in [-0.4, -0.2) is 13.2 Å². The monoisotopic (exact) mass is 233 g/mol. The molecule has 1 aliphatic rings. The average Bonchev–Trinajstić information content (AvgIpc) is 2.64. The molecule has 0 aliphatic heterocycles. The first-order chi connectivity index (χ1) is 8.26. The van der Waals surface area contributed by atoms with Gasteiger partial charge in [0.05, 0.1) is 6.61 Å². The van der Waals surface area contributed by atoms with Crippen molar-refractivity contribution in [3.63, 3.8) is 0 Å². The van der Waals surface area contributed by atoms with E-state index in [2.05, 4.69) is 44.3 Å². The van der Waals surface area contributed by atoms with Gasteiger partial charge in [0.15, 0.2) is 0 Å². The van der Waals surface area contributed by atoms with Crippen LogP contribution in [0.5, 0.6) is 5.75 Å². The van der Waals surface area contributed by atoms with Gasteiger partial charge in [0.2, 0.25) is 0 Å². The number of hydrogen-bond acceptors (Lipinski definition) is 2. The van der Waals surface area contributed by atoms with Crippen LogP contribution in [0.25, 0.3) is 0 Å². The molecule has 1 aliphatic carbocycles. The summed E-state index contributed by atoms with van der Waals surface area (Å²) in [6, 6.07) is 7.08. The van der Waals surface area contributed by atoms with Crippen molar-refractivity contribution in [1.29, 1.82) is 0 Å². The standard InChI is InChI=1S/C15H23NO/c1-4-8-17-12-6-7-13-11(3)9-15(16-5-2)14(13)10-12/h6-7,10-11,15-16H,4-5,8-9H2,1-3H3. The van der Waals surface area contributed by atoms with E-state index in [1.54, 1.807) is 0 Å². The lowest BCUT2D eigenvalue weighted by Crippen LogP contribution is -2.18. The van der Waals surface area contributed by atoms with Crippen molar-refractivity contribution in [1.82, 2.24) is 5.32 Å². The number of benzene rings is 1. The Bertz CT molecular complexity index is 375. The van der Waals surface area contributed by atoms with E-state index in [0.717, 1.165) is 25.3 Å². The molecule has 0 spiro atoms. The molecule has 2 heteroatoms. The third-order valence-electron chi connectivity index (χ3n) is 3.48. The predicted octanol–water partition coefficient (Wildman–Crippen LogP) is 3.63. The summed E-state index contributed by atoms with van der Waals surface area (Å²) >= 11 is 0. The van der Waals surface area contributed by atoms with Crippen molar-refractivity contribution in [3.8, 4) is 5.75 Å². The summed E-state index contributed by atoms with van der Waals surface area (Å²) in [4.78, 5) is 0. The van der Waals surface area contributed by atoms with E-state index in [-0.39, 0.29) is 0 Å². The zero-order valence-electron chi connectivity index (χ0n) is 11.1. The molecule has 2 rings (SSSR count). The van der Waals surface area contributed by atoms with Gasteiger partial charge < -0.3 is 10.1 Å². The SMILES string of the molecule is CCCOc1ccc2c(c1)C(NCC)CC2C. The van der Waals surface area contributed by atoms with Gasteiger partial charge in [0.1, 0.15) is 5.75 Å². The maximum Gasteiger partial charge on any atom is 0.119 e. The fraction of sp³-hybridized carbons (Fsp3) is 0.600. The highest BCUT2D eigenvalue weighted by Crippen LogP contribution is 2.41. The van der Waals surface area contributed by atoms with E-state index in [0.29, 0.717) is 12.0 Å².